The van der Waals surface area contributed by atoms with Crippen molar-refractivity contribution in [1.29, 1.82) is 5.26 Å². The number of benzene rings is 2. The molecule has 0 unspecified atom stereocenters. The van der Waals surface area contributed by atoms with Gasteiger partial charge in [0.25, 0.3) is 0 Å². The molecule has 2 aromatic rings. The number of rotatable bonds is 4. The number of nitriles is 1. The topological polar surface area (TPSA) is 64.9 Å². The van der Waals surface area contributed by atoms with Crippen LogP contribution >= 0.6 is 0 Å². The first-order valence-corrected chi connectivity index (χ1v) is 6.69. The smallest absolute Gasteiger partial charge is 0.243 e. The minimum absolute atomic E-state index is 0.119. The molecule has 2 N–H and O–H groups in total. The molecule has 0 atom stereocenters. The predicted molar refractivity (Wildman–Crippen MR) is 84.2 cm³/mol. The number of nitrogens with one attached hydrogen (secondary N) is 2. The molecule has 2 aromatic carbocycles. The molecule has 0 heterocycles. The molecule has 1 amide bonds. The second kappa shape index (κ2) is 6.58. The van der Waals surface area contributed by atoms with Crippen molar-refractivity contribution in [2.24, 2.45) is 0 Å². The Morgan fingerprint density at radius 1 is 1.19 bits per heavy atom. The first kappa shape index (κ1) is 14.6. The highest BCUT2D eigenvalue weighted by Crippen LogP contribution is 2.16. The van der Waals surface area contributed by atoms with Crippen LogP contribution in [0.3, 0.4) is 0 Å². The van der Waals surface area contributed by atoms with Gasteiger partial charge in [-0.2, -0.15) is 5.26 Å². The number of hydrogen-bond acceptors (Lipinski definition) is 3. The molecular weight excluding hydrogens is 262 g/mol. The van der Waals surface area contributed by atoms with Gasteiger partial charge in [-0.05, 0) is 49.2 Å². The molecule has 0 aromatic heterocycles. The van der Waals surface area contributed by atoms with Crippen molar-refractivity contribution < 1.29 is 4.79 Å². The van der Waals surface area contributed by atoms with Crippen LogP contribution in [-0.2, 0) is 4.79 Å². The van der Waals surface area contributed by atoms with E-state index in [4.69, 9.17) is 5.26 Å². The van der Waals surface area contributed by atoms with Crippen LogP contribution in [0, 0.1) is 25.2 Å². The Bertz CT molecular complexity index is 701. The van der Waals surface area contributed by atoms with Gasteiger partial charge in [0.1, 0.15) is 0 Å². The molecule has 4 nitrogen and oxygen atoms in total. The SMILES string of the molecule is Cc1ccc(C)c(NC(=O)CNc2cccc(C#N)c2)c1. The van der Waals surface area contributed by atoms with Crippen molar-refractivity contribution in [2.45, 2.75) is 13.8 Å². The molecule has 21 heavy (non-hydrogen) atoms. The third-order valence-corrected chi connectivity index (χ3v) is 3.11. The maximum absolute atomic E-state index is 12.0. The number of aryl methyl sites for hydroxylation is 2. The molecule has 0 aliphatic rings. The predicted octanol–water partition coefficient (Wildman–Crippen LogP) is 3.23. The van der Waals surface area contributed by atoms with E-state index in [2.05, 4.69) is 16.7 Å². The lowest BCUT2D eigenvalue weighted by atomic mass is 10.1. The van der Waals surface area contributed by atoms with Gasteiger partial charge in [-0.1, -0.05) is 18.2 Å². The van der Waals surface area contributed by atoms with Crippen molar-refractivity contribution in [2.75, 3.05) is 17.2 Å². The van der Waals surface area contributed by atoms with Crippen molar-refractivity contribution in [3.8, 4) is 6.07 Å². The fraction of sp³-hybridized carbons (Fsp3) is 0.176. The molecule has 0 spiro atoms. The number of amides is 1. The number of nitrogens with zero attached hydrogens (tertiary/aromatic N) is 1. The second-order valence-electron chi connectivity index (χ2n) is 4.91. The van der Waals surface area contributed by atoms with E-state index in [9.17, 15) is 4.79 Å². The quantitative estimate of drug-likeness (QED) is 0.903. The lowest BCUT2D eigenvalue weighted by molar-refractivity contribution is -0.114. The molecule has 4 heteroatoms. The van der Waals surface area contributed by atoms with E-state index in [0.717, 1.165) is 22.5 Å². The van der Waals surface area contributed by atoms with E-state index in [-0.39, 0.29) is 12.5 Å². The number of carbonyl (C=O) groups is 1. The van der Waals surface area contributed by atoms with Gasteiger partial charge in [0.2, 0.25) is 5.91 Å². The maximum Gasteiger partial charge on any atom is 0.243 e. The van der Waals surface area contributed by atoms with Gasteiger partial charge >= 0.3 is 0 Å². The van der Waals surface area contributed by atoms with Crippen molar-refractivity contribution in [1.82, 2.24) is 0 Å². The average Bonchev–Trinajstić information content (AvgIpc) is 2.49. The van der Waals surface area contributed by atoms with E-state index < -0.39 is 0 Å². The summed E-state index contributed by atoms with van der Waals surface area (Å²) in [6.45, 7) is 4.10. The molecule has 106 valence electrons. The van der Waals surface area contributed by atoms with Gasteiger partial charge in [0.15, 0.2) is 0 Å². The standard InChI is InChI=1S/C17H17N3O/c1-12-6-7-13(2)16(8-12)20-17(21)11-19-15-5-3-4-14(9-15)10-18/h3-9,19H,11H2,1-2H3,(H,20,21). The Balaban J connectivity index is 1.96. The molecule has 0 saturated carbocycles. The number of hydrogen-bond donors (Lipinski definition) is 2. The Kier molecular flexibility index (Phi) is 4.57. The van der Waals surface area contributed by atoms with E-state index in [1.807, 2.05) is 38.1 Å². The molecule has 0 fully saturated rings. The Hall–Kier alpha value is -2.80. The highest BCUT2D eigenvalue weighted by atomic mass is 16.1. The summed E-state index contributed by atoms with van der Waals surface area (Å²) >= 11 is 0. The van der Waals surface area contributed by atoms with Crippen LogP contribution < -0.4 is 10.6 Å². The van der Waals surface area contributed by atoms with Crippen LogP contribution in [0.15, 0.2) is 42.5 Å². The third kappa shape index (κ3) is 4.08. The molecule has 0 radical (unpaired) electrons. The first-order valence-electron chi connectivity index (χ1n) is 6.69. The summed E-state index contributed by atoms with van der Waals surface area (Å²) in [6.07, 6.45) is 0. The van der Waals surface area contributed by atoms with Gasteiger partial charge in [-0.3, -0.25) is 4.79 Å². The highest BCUT2D eigenvalue weighted by Gasteiger charge is 2.05. The zero-order valence-corrected chi connectivity index (χ0v) is 12.1. The minimum Gasteiger partial charge on any atom is -0.376 e. The van der Waals surface area contributed by atoms with Crippen LogP contribution in [0.4, 0.5) is 11.4 Å². The van der Waals surface area contributed by atoms with Crippen LogP contribution in [0.25, 0.3) is 0 Å². The Morgan fingerprint density at radius 2 is 2.00 bits per heavy atom. The molecule has 0 aliphatic carbocycles. The van der Waals surface area contributed by atoms with Crippen molar-refractivity contribution >= 4 is 17.3 Å². The third-order valence-electron chi connectivity index (χ3n) is 3.11. The largest absolute Gasteiger partial charge is 0.376 e. The molecule has 0 bridgehead atoms. The van der Waals surface area contributed by atoms with Crippen molar-refractivity contribution in [3.05, 3.63) is 59.2 Å². The summed E-state index contributed by atoms with van der Waals surface area (Å²) in [5.74, 6) is -0.119. The molecular formula is C17H17N3O. The first-order chi connectivity index (χ1) is 10.1. The lowest BCUT2D eigenvalue weighted by Crippen LogP contribution is -2.22. The molecule has 0 aliphatic heterocycles. The van der Waals surface area contributed by atoms with Gasteiger partial charge in [-0.25, -0.2) is 0 Å². The summed E-state index contributed by atoms with van der Waals surface area (Å²) in [7, 11) is 0. The van der Waals surface area contributed by atoms with Crippen molar-refractivity contribution in [3.63, 3.8) is 0 Å². The lowest BCUT2D eigenvalue weighted by Gasteiger charge is -2.10. The summed E-state index contributed by atoms with van der Waals surface area (Å²) in [6, 6.07) is 15.1. The Labute approximate surface area is 124 Å². The van der Waals surface area contributed by atoms with Gasteiger partial charge in [0.05, 0.1) is 18.2 Å². The van der Waals surface area contributed by atoms with Gasteiger partial charge < -0.3 is 10.6 Å². The fourth-order valence-electron chi connectivity index (χ4n) is 1.95. The molecule has 2 rings (SSSR count). The van der Waals surface area contributed by atoms with E-state index in [0.29, 0.717) is 5.56 Å². The van der Waals surface area contributed by atoms with Crippen LogP contribution in [0.1, 0.15) is 16.7 Å². The highest BCUT2D eigenvalue weighted by molar-refractivity contribution is 5.94. The zero-order chi connectivity index (χ0) is 15.2. The summed E-state index contributed by atoms with van der Waals surface area (Å²) in [5.41, 5.74) is 4.28. The second-order valence-corrected chi connectivity index (χ2v) is 4.91. The zero-order valence-electron chi connectivity index (χ0n) is 12.1. The number of anilines is 2. The van der Waals surface area contributed by atoms with Gasteiger partial charge in [-0.15, -0.1) is 0 Å². The summed E-state index contributed by atoms with van der Waals surface area (Å²) in [5, 5.41) is 14.7. The van der Waals surface area contributed by atoms with E-state index >= 15 is 0 Å². The van der Waals surface area contributed by atoms with Gasteiger partial charge in [0, 0.05) is 11.4 Å². The van der Waals surface area contributed by atoms with Crippen LogP contribution in [0.2, 0.25) is 0 Å². The van der Waals surface area contributed by atoms with E-state index in [1.165, 1.54) is 0 Å². The maximum atomic E-state index is 12.0. The minimum atomic E-state index is -0.119. The van der Waals surface area contributed by atoms with Crippen LogP contribution in [-0.4, -0.2) is 12.5 Å². The van der Waals surface area contributed by atoms with E-state index in [1.54, 1.807) is 18.2 Å². The summed E-state index contributed by atoms with van der Waals surface area (Å²) in [4.78, 5) is 12.0. The summed E-state index contributed by atoms with van der Waals surface area (Å²) < 4.78 is 0. The Morgan fingerprint density at radius 3 is 2.76 bits per heavy atom. The molecule has 0 saturated heterocycles. The number of carbonyl (C=O) groups excluding carboxylic acids is 1. The average molecular weight is 279 g/mol. The normalized spacial score (nSPS) is 9.76. The van der Waals surface area contributed by atoms with Crippen LogP contribution in [0.5, 0.6) is 0 Å². The monoisotopic (exact) mass is 279 g/mol. The fourth-order valence-corrected chi connectivity index (χ4v) is 1.95.